The molecule has 0 saturated heterocycles. The van der Waals surface area contributed by atoms with Gasteiger partial charge in [-0.2, -0.15) is 0 Å². The van der Waals surface area contributed by atoms with E-state index in [4.69, 9.17) is 5.73 Å². The van der Waals surface area contributed by atoms with E-state index in [0.29, 0.717) is 5.70 Å². The van der Waals surface area contributed by atoms with Crippen LogP contribution in [0.3, 0.4) is 0 Å². The Labute approximate surface area is 92.7 Å². The van der Waals surface area contributed by atoms with Crippen molar-refractivity contribution in [1.82, 2.24) is 0 Å². The van der Waals surface area contributed by atoms with E-state index in [9.17, 15) is 0 Å². The summed E-state index contributed by atoms with van der Waals surface area (Å²) in [5.74, 6) is 0. The van der Waals surface area contributed by atoms with E-state index in [2.05, 4.69) is 13.2 Å². The molecule has 0 unspecified atom stereocenters. The summed E-state index contributed by atoms with van der Waals surface area (Å²) in [6.07, 6.45) is 13.1. The molecule has 80 valence electrons. The Balaban J connectivity index is 5.27. The van der Waals surface area contributed by atoms with Gasteiger partial charge in [-0.3, -0.25) is 0 Å². The van der Waals surface area contributed by atoms with Crippen LogP contribution in [-0.4, -0.2) is 0 Å². The van der Waals surface area contributed by atoms with Gasteiger partial charge < -0.3 is 5.73 Å². The van der Waals surface area contributed by atoms with Crippen LogP contribution < -0.4 is 5.73 Å². The van der Waals surface area contributed by atoms with Crippen molar-refractivity contribution in [3.05, 3.63) is 72.5 Å². The Kier molecular flexibility index (Phi) is 6.73. The monoisotopic (exact) mass is 201 g/mol. The lowest BCUT2D eigenvalue weighted by atomic mass is 10.0. The van der Waals surface area contributed by atoms with Crippen LogP contribution in [-0.2, 0) is 0 Å². The molecule has 0 saturated carbocycles. The molecule has 15 heavy (non-hydrogen) atoms. The average Bonchev–Trinajstić information content (AvgIpc) is 2.20. The zero-order valence-electron chi connectivity index (χ0n) is 9.53. The van der Waals surface area contributed by atoms with Crippen LogP contribution >= 0.6 is 0 Å². The average molecular weight is 201 g/mol. The van der Waals surface area contributed by atoms with Crippen LogP contribution in [0.4, 0.5) is 0 Å². The van der Waals surface area contributed by atoms with Gasteiger partial charge in [0, 0.05) is 11.3 Å². The summed E-state index contributed by atoms with van der Waals surface area (Å²) in [5, 5.41) is 0. The van der Waals surface area contributed by atoms with E-state index in [1.54, 1.807) is 18.2 Å². The second-order valence-electron chi connectivity index (χ2n) is 2.92. The molecule has 0 atom stereocenters. The predicted octanol–water partition coefficient (Wildman–Crippen LogP) is 3.65. The number of hydrogen-bond donors (Lipinski definition) is 1. The Morgan fingerprint density at radius 3 is 2.07 bits per heavy atom. The molecule has 1 heteroatoms. The lowest BCUT2D eigenvalue weighted by molar-refractivity contribution is 1.30. The van der Waals surface area contributed by atoms with Crippen molar-refractivity contribution in [2.24, 2.45) is 5.73 Å². The second-order valence-corrected chi connectivity index (χ2v) is 2.92. The quantitative estimate of drug-likeness (QED) is 0.675. The van der Waals surface area contributed by atoms with Gasteiger partial charge in [-0.1, -0.05) is 49.6 Å². The summed E-state index contributed by atoms with van der Waals surface area (Å²) >= 11 is 0. The molecular formula is C14H19N. The molecule has 0 aliphatic carbocycles. The minimum Gasteiger partial charge on any atom is -0.398 e. The molecule has 0 radical (unpaired) electrons. The number of nitrogens with two attached hydrogens (primary N) is 1. The van der Waals surface area contributed by atoms with Gasteiger partial charge in [0.15, 0.2) is 0 Å². The lowest BCUT2D eigenvalue weighted by Gasteiger charge is -2.07. The van der Waals surface area contributed by atoms with Crippen molar-refractivity contribution in [3.63, 3.8) is 0 Å². The Morgan fingerprint density at radius 2 is 1.67 bits per heavy atom. The largest absolute Gasteiger partial charge is 0.398 e. The van der Waals surface area contributed by atoms with Gasteiger partial charge in [0.1, 0.15) is 0 Å². The van der Waals surface area contributed by atoms with Gasteiger partial charge in [-0.15, -0.1) is 0 Å². The van der Waals surface area contributed by atoms with Crippen molar-refractivity contribution in [2.75, 3.05) is 0 Å². The lowest BCUT2D eigenvalue weighted by Crippen LogP contribution is -2.02. The minimum atomic E-state index is 0.707. The third-order valence-electron chi connectivity index (χ3n) is 1.85. The van der Waals surface area contributed by atoms with Crippen LogP contribution in [0, 0.1) is 0 Å². The molecule has 2 N–H and O–H groups in total. The molecule has 0 aliphatic heterocycles. The molecular weight excluding hydrogens is 182 g/mol. The predicted molar refractivity (Wildman–Crippen MR) is 69.3 cm³/mol. The normalized spacial score (nSPS) is 14.4. The first kappa shape index (κ1) is 13.2. The van der Waals surface area contributed by atoms with E-state index in [1.807, 2.05) is 38.2 Å². The highest BCUT2D eigenvalue weighted by molar-refractivity contribution is 5.52. The van der Waals surface area contributed by atoms with Crippen molar-refractivity contribution in [2.45, 2.75) is 13.8 Å². The van der Waals surface area contributed by atoms with Crippen LogP contribution in [0.1, 0.15) is 13.8 Å². The zero-order chi connectivity index (χ0) is 11.7. The Hall–Kier alpha value is -1.76. The molecule has 0 aromatic rings. The number of allylic oxidation sites excluding steroid dienone is 8. The van der Waals surface area contributed by atoms with Crippen molar-refractivity contribution in [1.29, 1.82) is 0 Å². The fourth-order valence-electron chi connectivity index (χ4n) is 1.26. The van der Waals surface area contributed by atoms with Gasteiger partial charge in [-0.25, -0.2) is 0 Å². The van der Waals surface area contributed by atoms with Crippen molar-refractivity contribution >= 4 is 0 Å². The summed E-state index contributed by atoms with van der Waals surface area (Å²) in [7, 11) is 0. The molecule has 0 aliphatic rings. The number of rotatable bonds is 5. The number of hydrogen-bond acceptors (Lipinski definition) is 1. The van der Waals surface area contributed by atoms with Gasteiger partial charge in [0.05, 0.1) is 0 Å². The second kappa shape index (κ2) is 7.63. The van der Waals surface area contributed by atoms with Crippen LogP contribution in [0.25, 0.3) is 0 Å². The van der Waals surface area contributed by atoms with Gasteiger partial charge in [0.2, 0.25) is 0 Å². The topological polar surface area (TPSA) is 26.0 Å². The molecule has 0 heterocycles. The van der Waals surface area contributed by atoms with Crippen LogP contribution in [0.15, 0.2) is 72.5 Å². The highest BCUT2D eigenvalue weighted by Gasteiger charge is 2.02. The third kappa shape index (κ3) is 4.32. The molecule has 0 bridgehead atoms. The molecule has 0 spiro atoms. The molecule has 0 amide bonds. The first-order valence-electron chi connectivity index (χ1n) is 4.91. The minimum absolute atomic E-state index is 0.707. The fourth-order valence-corrected chi connectivity index (χ4v) is 1.26. The maximum atomic E-state index is 5.91. The molecule has 1 nitrogen and oxygen atoms in total. The molecule has 0 rings (SSSR count). The Bertz CT molecular complexity index is 338. The standard InChI is InChI=1S/C14H19N/c1-5-9-12(10-6-2)13(8-4)14(15)11-7-3/h5-11H,1,3,15H2,2,4H3/b10-6-,12-9+,13-8-,14-11+. The van der Waals surface area contributed by atoms with E-state index in [-0.39, 0.29) is 0 Å². The molecule has 0 aromatic carbocycles. The SMILES string of the molecule is C=C\C=C(N)/C(=C\C)C(/C=C\C)=C/C=C. The first-order valence-corrected chi connectivity index (χ1v) is 4.91. The summed E-state index contributed by atoms with van der Waals surface area (Å²) in [5.41, 5.74) is 8.66. The third-order valence-corrected chi connectivity index (χ3v) is 1.85. The van der Waals surface area contributed by atoms with Gasteiger partial charge in [0.25, 0.3) is 0 Å². The van der Waals surface area contributed by atoms with E-state index in [1.165, 1.54) is 0 Å². The van der Waals surface area contributed by atoms with E-state index in [0.717, 1.165) is 11.1 Å². The first-order chi connectivity index (χ1) is 7.21. The zero-order valence-corrected chi connectivity index (χ0v) is 9.53. The van der Waals surface area contributed by atoms with Crippen molar-refractivity contribution < 1.29 is 0 Å². The fraction of sp³-hybridized carbons (Fsp3) is 0.143. The van der Waals surface area contributed by atoms with E-state index >= 15 is 0 Å². The summed E-state index contributed by atoms with van der Waals surface area (Å²) < 4.78 is 0. The smallest absolute Gasteiger partial charge is 0.0390 e. The van der Waals surface area contributed by atoms with Crippen molar-refractivity contribution in [3.8, 4) is 0 Å². The van der Waals surface area contributed by atoms with E-state index < -0.39 is 0 Å². The highest BCUT2D eigenvalue weighted by Crippen LogP contribution is 2.17. The molecule has 0 aromatic heterocycles. The van der Waals surface area contributed by atoms with Crippen LogP contribution in [0.2, 0.25) is 0 Å². The maximum absolute atomic E-state index is 5.91. The van der Waals surface area contributed by atoms with Gasteiger partial charge >= 0.3 is 0 Å². The maximum Gasteiger partial charge on any atom is 0.0390 e. The molecule has 0 fully saturated rings. The Morgan fingerprint density at radius 1 is 1.07 bits per heavy atom. The summed E-state index contributed by atoms with van der Waals surface area (Å²) in [6, 6.07) is 0. The van der Waals surface area contributed by atoms with Gasteiger partial charge in [-0.05, 0) is 25.5 Å². The van der Waals surface area contributed by atoms with Crippen LogP contribution in [0.5, 0.6) is 0 Å². The highest BCUT2D eigenvalue weighted by atomic mass is 14.6. The summed E-state index contributed by atoms with van der Waals surface area (Å²) in [4.78, 5) is 0. The summed E-state index contributed by atoms with van der Waals surface area (Å²) in [6.45, 7) is 11.2.